The van der Waals surface area contributed by atoms with Crippen LogP contribution in [0.3, 0.4) is 0 Å². The zero-order valence-corrected chi connectivity index (χ0v) is 11.8. The lowest BCUT2D eigenvalue weighted by atomic mass is 10.3. The number of fused-ring (bicyclic) bond motifs is 1. The van der Waals surface area contributed by atoms with Crippen LogP contribution in [0.15, 0.2) is 48.5 Å². The van der Waals surface area contributed by atoms with Crippen LogP contribution < -0.4 is 11.3 Å². The van der Waals surface area contributed by atoms with E-state index in [-0.39, 0.29) is 5.56 Å². The molecule has 0 saturated heterocycles. The van der Waals surface area contributed by atoms with Crippen LogP contribution in [0.25, 0.3) is 11.1 Å². The Labute approximate surface area is 119 Å². The molecule has 0 radical (unpaired) electrons. The third-order valence-electron chi connectivity index (χ3n) is 2.34. The summed E-state index contributed by atoms with van der Waals surface area (Å²) in [6.45, 7) is 0. The number of halogens is 1. The standard InChI is InChI=1S/C11H7BrN4O2S/c12-8-9(17)14-4-15-10(8)19-11-16-6-3-5(13)1-2-7(6)18-11/h1-4H,13H2,(H,14,15,17). The number of anilines is 1. The van der Waals surface area contributed by atoms with Crippen molar-refractivity contribution in [3.05, 3.63) is 39.4 Å². The zero-order chi connectivity index (χ0) is 13.4. The Balaban J connectivity index is 2.01. The first kappa shape index (κ1) is 12.2. The van der Waals surface area contributed by atoms with Gasteiger partial charge in [-0.3, -0.25) is 4.79 Å². The van der Waals surface area contributed by atoms with Gasteiger partial charge in [-0.05, 0) is 45.9 Å². The van der Waals surface area contributed by atoms with Crippen LogP contribution in [-0.2, 0) is 0 Å². The maximum absolute atomic E-state index is 11.4. The lowest BCUT2D eigenvalue weighted by Crippen LogP contribution is -2.07. The van der Waals surface area contributed by atoms with Crippen molar-refractivity contribution >= 4 is 44.5 Å². The number of rotatable bonds is 2. The minimum absolute atomic E-state index is 0.252. The van der Waals surface area contributed by atoms with Crippen LogP contribution in [0.4, 0.5) is 5.69 Å². The monoisotopic (exact) mass is 338 g/mol. The van der Waals surface area contributed by atoms with E-state index in [1.807, 2.05) is 0 Å². The molecule has 8 heteroatoms. The molecular weight excluding hydrogens is 332 g/mol. The van der Waals surface area contributed by atoms with Crippen LogP contribution in [0.2, 0.25) is 0 Å². The first-order chi connectivity index (χ1) is 9.13. The van der Waals surface area contributed by atoms with E-state index in [1.54, 1.807) is 18.2 Å². The summed E-state index contributed by atoms with van der Waals surface area (Å²) in [5.74, 6) is 0. The summed E-state index contributed by atoms with van der Waals surface area (Å²) in [6.07, 6.45) is 1.33. The van der Waals surface area contributed by atoms with Gasteiger partial charge in [0.05, 0.1) is 6.33 Å². The predicted molar refractivity (Wildman–Crippen MR) is 75.1 cm³/mol. The topological polar surface area (TPSA) is 97.8 Å². The molecule has 0 saturated carbocycles. The molecule has 0 aliphatic carbocycles. The van der Waals surface area contributed by atoms with Crippen molar-refractivity contribution < 1.29 is 4.42 Å². The number of nitrogens with zero attached hydrogens (tertiary/aromatic N) is 2. The zero-order valence-electron chi connectivity index (χ0n) is 9.38. The van der Waals surface area contributed by atoms with Crippen molar-refractivity contribution in [1.82, 2.24) is 15.0 Å². The number of H-pyrrole nitrogens is 1. The van der Waals surface area contributed by atoms with Crippen molar-refractivity contribution in [2.24, 2.45) is 0 Å². The van der Waals surface area contributed by atoms with Crippen molar-refractivity contribution in [3.63, 3.8) is 0 Å². The highest BCUT2D eigenvalue weighted by atomic mass is 79.9. The summed E-state index contributed by atoms with van der Waals surface area (Å²) in [4.78, 5) is 22.2. The number of nitrogens with one attached hydrogen (secondary N) is 1. The molecule has 0 atom stereocenters. The van der Waals surface area contributed by atoms with Crippen molar-refractivity contribution in [2.45, 2.75) is 10.2 Å². The molecule has 96 valence electrons. The fourth-order valence-electron chi connectivity index (χ4n) is 1.49. The van der Waals surface area contributed by atoms with Crippen molar-refractivity contribution in [1.29, 1.82) is 0 Å². The van der Waals surface area contributed by atoms with Gasteiger partial charge in [0.2, 0.25) is 0 Å². The molecule has 2 heterocycles. The Morgan fingerprint density at radius 3 is 3.11 bits per heavy atom. The summed E-state index contributed by atoms with van der Waals surface area (Å²) in [6, 6.07) is 5.22. The summed E-state index contributed by atoms with van der Waals surface area (Å²) in [7, 11) is 0. The number of nitrogen functional groups attached to an aromatic ring is 1. The number of hydrogen-bond acceptors (Lipinski definition) is 6. The van der Waals surface area contributed by atoms with Gasteiger partial charge in [-0.1, -0.05) is 0 Å². The summed E-state index contributed by atoms with van der Waals surface area (Å²) >= 11 is 4.34. The Morgan fingerprint density at radius 2 is 2.26 bits per heavy atom. The Hall–Kier alpha value is -1.80. The number of aromatic amines is 1. The molecule has 6 nitrogen and oxygen atoms in total. The smallest absolute Gasteiger partial charge is 0.266 e. The molecule has 3 rings (SSSR count). The normalized spacial score (nSPS) is 11.0. The molecule has 2 aromatic heterocycles. The summed E-state index contributed by atoms with van der Waals surface area (Å²) in [5, 5.41) is 0.891. The highest BCUT2D eigenvalue weighted by Crippen LogP contribution is 2.31. The van der Waals surface area contributed by atoms with Gasteiger partial charge in [-0.2, -0.15) is 0 Å². The summed E-state index contributed by atoms with van der Waals surface area (Å²) in [5.41, 5.74) is 7.35. The molecule has 0 bridgehead atoms. The van der Waals surface area contributed by atoms with Gasteiger partial charge in [-0.25, -0.2) is 9.97 Å². The molecule has 0 fully saturated rings. The van der Waals surface area contributed by atoms with Crippen LogP contribution >= 0.6 is 27.7 Å². The minimum atomic E-state index is -0.252. The largest absolute Gasteiger partial charge is 0.431 e. The first-order valence-electron chi connectivity index (χ1n) is 5.20. The quantitative estimate of drug-likeness (QED) is 0.550. The molecule has 3 aromatic rings. The van der Waals surface area contributed by atoms with E-state index in [2.05, 4.69) is 30.9 Å². The SMILES string of the molecule is Nc1ccc2oc(Sc3nc[nH]c(=O)c3Br)nc2c1. The van der Waals surface area contributed by atoms with Gasteiger partial charge < -0.3 is 15.1 Å². The second-order valence-electron chi connectivity index (χ2n) is 3.66. The highest BCUT2D eigenvalue weighted by Gasteiger charge is 2.12. The van der Waals surface area contributed by atoms with E-state index in [0.29, 0.717) is 31.5 Å². The lowest BCUT2D eigenvalue weighted by molar-refractivity contribution is 0.489. The molecule has 0 amide bonds. The van der Waals surface area contributed by atoms with Gasteiger partial charge in [0.25, 0.3) is 10.8 Å². The van der Waals surface area contributed by atoms with Gasteiger partial charge in [-0.15, -0.1) is 0 Å². The lowest BCUT2D eigenvalue weighted by Gasteiger charge is -1.97. The van der Waals surface area contributed by atoms with Crippen LogP contribution in [0.5, 0.6) is 0 Å². The van der Waals surface area contributed by atoms with Crippen LogP contribution in [0, 0.1) is 0 Å². The second-order valence-corrected chi connectivity index (χ2v) is 5.39. The summed E-state index contributed by atoms with van der Waals surface area (Å²) < 4.78 is 5.89. The third kappa shape index (κ3) is 2.36. The molecular formula is C11H7BrN4O2S. The average Bonchev–Trinajstić information content (AvgIpc) is 2.76. The van der Waals surface area contributed by atoms with E-state index in [1.165, 1.54) is 6.33 Å². The second kappa shape index (κ2) is 4.71. The number of hydrogen-bond donors (Lipinski definition) is 2. The molecule has 0 aliphatic heterocycles. The van der Waals surface area contributed by atoms with E-state index in [0.717, 1.165) is 11.8 Å². The number of oxazole rings is 1. The average molecular weight is 339 g/mol. The van der Waals surface area contributed by atoms with Crippen molar-refractivity contribution in [2.75, 3.05) is 5.73 Å². The fraction of sp³-hybridized carbons (Fsp3) is 0. The predicted octanol–water partition coefficient (Wildman–Crippen LogP) is 2.41. The maximum atomic E-state index is 11.4. The van der Waals surface area contributed by atoms with Gasteiger partial charge in [0, 0.05) is 5.69 Å². The Kier molecular flexibility index (Phi) is 3.03. The fourth-order valence-corrected chi connectivity index (χ4v) is 2.68. The maximum Gasteiger partial charge on any atom is 0.266 e. The Morgan fingerprint density at radius 1 is 1.42 bits per heavy atom. The molecule has 0 spiro atoms. The van der Waals surface area contributed by atoms with Crippen LogP contribution in [0.1, 0.15) is 0 Å². The van der Waals surface area contributed by atoms with E-state index >= 15 is 0 Å². The van der Waals surface area contributed by atoms with E-state index in [4.69, 9.17) is 10.2 Å². The number of benzene rings is 1. The Bertz CT molecular complexity index is 814. The first-order valence-corrected chi connectivity index (χ1v) is 6.81. The van der Waals surface area contributed by atoms with Crippen LogP contribution in [-0.4, -0.2) is 15.0 Å². The van der Waals surface area contributed by atoms with Crippen molar-refractivity contribution in [3.8, 4) is 0 Å². The molecule has 0 unspecified atom stereocenters. The highest BCUT2D eigenvalue weighted by molar-refractivity contribution is 9.10. The minimum Gasteiger partial charge on any atom is -0.431 e. The molecule has 0 aliphatic rings. The molecule has 3 N–H and O–H groups in total. The number of nitrogens with two attached hydrogens (primary N) is 1. The number of aromatic nitrogens is 3. The van der Waals surface area contributed by atoms with Gasteiger partial charge >= 0.3 is 0 Å². The third-order valence-corrected chi connectivity index (χ3v) is 4.19. The van der Waals surface area contributed by atoms with Gasteiger partial charge in [0.1, 0.15) is 15.0 Å². The van der Waals surface area contributed by atoms with Gasteiger partial charge in [0.15, 0.2) is 5.58 Å². The van der Waals surface area contributed by atoms with E-state index < -0.39 is 0 Å². The van der Waals surface area contributed by atoms with E-state index in [9.17, 15) is 4.79 Å². The molecule has 1 aromatic carbocycles. The molecule has 19 heavy (non-hydrogen) atoms.